The number of furan rings is 1. The molecule has 0 spiro atoms. The first-order chi connectivity index (χ1) is 31.1. The molecule has 0 fully saturated rings. The lowest BCUT2D eigenvalue weighted by molar-refractivity contribution is 0.668. The third-order valence-corrected chi connectivity index (χ3v) is 12.2. The largest absolute Gasteiger partial charge is 0.455 e. The molecular weight excluding hydrogens is 715 g/mol. The number of anilines is 3. The second-order valence-electron chi connectivity index (χ2n) is 15.5. The minimum Gasteiger partial charge on any atom is -0.455 e. The molecule has 0 saturated heterocycles. The predicted octanol–water partition coefficient (Wildman–Crippen LogP) is 15.7. The molecule has 1 atom stereocenters. The van der Waals surface area contributed by atoms with E-state index in [9.17, 15) is 0 Å². The Labute approximate surface area is 352 Å². The van der Waals surface area contributed by atoms with E-state index in [1.165, 1.54) is 27.8 Å². The standard InChI is InChI=1S/C57H41NO/c1-38-37-52-54(49-21-12-13-24-51(49)57(52,2)44-19-10-5-11-20-44)56-53(38)50-23-14-22-48(55(50)59-56)43-29-35-47(36-30-43)58(45-31-25-41(26-32-45)39-15-6-3-7-16-39)46-33-27-42(28-34-46)40-17-8-4-9-18-40/h3-37H,1-2H3/i3D,6D,7D,15D,16D. The molecular formula is C57H41NO. The zero-order valence-corrected chi connectivity index (χ0v) is 32.7. The van der Waals surface area contributed by atoms with Crippen LogP contribution in [0, 0.1) is 6.92 Å². The maximum absolute atomic E-state index is 8.57. The molecule has 1 unspecified atom stereocenters. The van der Waals surface area contributed by atoms with Gasteiger partial charge in [0.15, 0.2) is 0 Å². The summed E-state index contributed by atoms with van der Waals surface area (Å²) in [5.74, 6) is 0. The number of benzene rings is 9. The van der Waals surface area contributed by atoms with Crippen molar-refractivity contribution in [2.24, 2.45) is 0 Å². The van der Waals surface area contributed by atoms with Crippen LogP contribution < -0.4 is 4.90 Å². The van der Waals surface area contributed by atoms with Crippen LogP contribution >= 0.6 is 0 Å². The Morgan fingerprint density at radius 1 is 0.475 bits per heavy atom. The number of hydrogen-bond donors (Lipinski definition) is 0. The van der Waals surface area contributed by atoms with Crippen molar-refractivity contribution < 1.29 is 11.3 Å². The van der Waals surface area contributed by atoms with Gasteiger partial charge in [0.2, 0.25) is 0 Å². The SMILES string of the molecule is [2H]c1c([2H])c([2H])c(-c2ccc(N(c3ccc(-c4ccccc4)cc3)c3ccc(-c4cccc5c4oc4c6c(cc(C)c45)C(C)(c4ccccc4)c4ccccc4-6)cc3)cc2)c([2H])c1[2H]. The highest BCUT2D eigenvalue weighted by Crippen LogP contribution is 2.56. The van der Waals surface area contributed by atoms with Crippen molar-refractivity contribution in [2.45, 2.75) is 19.3 Å². The van der Waals surface area contributed by atoms with Crippen LogP contribution in [0.1, 0.15) is 36.0 Å². The fraction of sp³-hybridized carbons (Fsp3) is 0.0526. The maximum Gasteiger partial charge on any atom is 0.143 e. The number of para-hydroxylation sites is 1. The molecule has 2 heteroatoms. The van der Waals surface area contributed by atoms with E-state index in [4.69, 9.17) is 11.3 Å². The lowest BCUT2D eigenvalue weighted by atomic mass is 9.74. The summed E-state index contributed by atoms with van der Waals surface area (Å²) in [5, 5.41) is 2.22. The molecule has 0 N–H and O–H groups in total. The van der Waals surface area contributed by atoms with Crippen LogP contribution in [0.3, 0.4) is 0 Å². The summed E-state index contributed by atoms with van der Waals surface area (Å²) < 4.78 is 48.8. The molecule has 1 aromatic heterocycles. The molecule has 1 heterocycles. The summed E-state index contributed by atoms with van der Waals surface area (Å²) in [5.41, 5.74) is 16.5. The van der Waals surface area contributed by atoms with E-state index in [2.05, 4.69) is 158 Å². The van der Waals surface area contributed by atoms with E-state index in [1.54, 1.807) is 0 Å². The number of nitrogens with zero attached hydrogens (tertiary/aromatic N) is 1. The summed E-state index contributed by atoms with van der Waals surface area (Å²) in [6.45, 7) is 4.54. The Hall–Kier alpha value is -7.42. The van der Waals surface area contributed by atoms with Gasteiger partial charge in [0.25, 0.3) is 0 Å². The summed E-state index contributed by atoms with van der Waals surface area (Å²) in [7, 11) is 0. The first kappa shape index (κ1) is 29.8. The first-order valence-electron chi connectivity index (χ1n) is 22.5. The van der Waals surface area contributed by atoms with Crippen LogP contribution in [-0.2, 0) is 5.41 Å². The van der Waals surface area contributed by atoms with Gasteiger partial charge in [-0.25, -0.2) is 0 Å². The lowest BCUT2D eigenvalue weighted by Gasteiger charge is -2.28. The fourth-order valence-corrected chi connectivity index (χ4v) is 9.27. The highest BCUT2D eigenvalue weighted by molar-refractivity contribution is 6.16. The van der Waals surface area contributed by atoms with Crippen LogP contribution in [0.4, 0.5) is 17.1 Å². The third kappa shape index (κ3) is 5.63. The van der Waals surface area contributed by atoms with Gasteiger partial charge in [-0.05, 0) is 106 Å². The topological polar surface area (TPSA) is 16.4 Å². The highest BCUT2D eigenvalue weighted by Gasteiger charge is 2.42. The van der Waals surface area contributed by atoms with Crippen molar-refractivity contribution in [3.63, 3.8) is 0 Å². The smallest absolute Gasteiger partial charge is 0.143 e. The molecule has 1 aliphatic carbocycles. The van der Waals surface area contributed by atoms with Crippen molar-refractivity contribution in [3.8, 4) is 44.5 Å². The molecule has 0 amide bonds. The van der Waals surface area contributed by atoms with E-state index in [1.807, 2.05) is 42.5 Å². The van der Waals surface area contributed by atoms with E-state index in [-0.39, 0.29) is 35.1 Å². The normalized spacial score (nSPS) is 15.5. The van der Waals surface area contributed by atoms with Gasteiger partial charge in [-0.15, -0.1) is 0 Å². The summed E-state index contributed by atoms with van der Waals surface area (Å²) in [4.78, 5) is 2.17. The lowest BCUT2D eigenvalue weighted by Crippen LogP contribution is -2.22. The Morgan fingerprint density at radius 2 is 1.02 bits per heavy atom. The number of hydrogen-bond acceptors (Lipinski definition) is 2. The predicted molar refractivity (Wildman–Crippen MR) is 247 cm³/mol. The summed E-state index contributed by atoms with van der Waals surface area (Å²) in [6.07, 6.45) is 0. The molecule has 0 bridgehead atoms. The van der Waals surface area contributed by atoms with Crippen molar-refractivity contribution in [1.29, 1.82) is 0 Å². The highest BCUT2D eigenvalue weighted by atomic mass is 16.3. The van der Waals surface area contributed by atoms with Crippen molar-refractivity contribution in [1.82, 2.24) is 0 Å². The Kier molecular flexibility index (Phi) is 7.01. The van der Waals surface area contributed by atoms with Gasteiger partial charge in [0, 0.05) is 44.4 Å². The van der Waals surface area contributed by atoms with Crippen LogP contribution in [0.15, 0.2) is 217 Å². The Balaban J connectivity index is 1.02. The second kappa shape index (κ2) is 13.9. The van der Waals surface area contributed by atoms with Gasteiger partial charge < -0.3 is 9.32 Å². The quantitative estimate of drug-likeness (QED) is 0.161. The molecule has 0 saturated carbocycles. The summed E-state index contributed by atoms with van der Waals surface area (Å²) in [6, 6.07) is 61.5. The van der Waals surface area contributed by atoms with Gasteiger partial charge >= 0.3 is 0 Å². The number of aryl methyl sites for hydroxylation is 1. The molecule has 9 aromatic carbocycles. The van der Waals surface area contributed by atoms with E-state index >= 15 is 0 Å². The average molecular weight is 761 g/mol. The molecule has 59 heavy (non-hydrogen) atoms. The van der Waals surface area contributed by atoms with Gasteiger partial charge in [-0.3, -0.25) is 0 Å². The molecule has 0 aliphatic heterocycles. The first-order valence-corrected chi connectivity index (χ1v) is 20.0. The van der Waals surface area contributed by atoms with Crippen LogP contribution in [0.5, 0.6) is 0 Å². The Bertz CT molecular complexity index is 3410. The van der Waals surface area contributed by atoms with E-state index in [0.717, 1.165) is 66.8 Å². The average Bonchev–Trinajstić information content (AvgIpc) is 3.86. The Morgan fingerprint density at radius 3 is 1.68 bits per heavy atom. The van der Waals surface area contributed by atoms with Gasteiger partial charge in [0.05, 0.1) is 6.85 Å². The molecule has 280 valence electrons. The molecule has 10 aromatic rings. The van der Waals surface area contributed by atoms with Gasteiger partial charge in [-0.1, -0.05) is 176 Å². The van der Waals surface area contributed by atoms with Crippen LogP contribution in [-0.4, -0.2) is 0 Å². The third-order valence-electron chi connectivity index (χ3n) is 12.2. The fourth-order valence-electron chi connectivity index (χ4n) is 9.27. The summed E-state index contributed by atoms with van der Waals surface area (Å²) >= 11 is 0. The number of fused-ring (bicyclic) bond motifs is 7. The number of rotatable bonds is 7. The molecule has 0 radical (unpaired) electrons. The van der Waals surface area contributed by atoms with Gasteiger partial charge in [-0.2, -0.15) is 0 Å². The monoisotopic (exact) mass is 760 g/mol. The maximum atomic E-state index is 8.57. The molecule has 11 rings (SSSR count). The minimum atomic E-state index is -0.406. The van der Waals surface area contributed by atoms with Crippen molar-refractivity contribution in [2.75, 3.05) is 4.90 Å². The van der Waals surface area contributed by atoms with E-state index in [0.29, 0.717) is 5.56 Å². The van der Waals surface area contributed by atoms with Crippen LogP contribution in [0.2, 0.25) is 0 Å². The zero-order chi connectivity index (χ0) is 43.9. The minimum absolute atomic E-state index is 0.176. The second-order valence-corrected chi connectivity index (χ2v) is 15.5. The molecule has 2 nitrogen and oxygen atoms in total. The van der Waals surface area contributed by atoms with Crippen LogP contribution in [0.25, 0.3) is 66.4 Å². The van der Waals surface area contributed by atoms with Crippen molar-refractivity contribution >= 4 is 39.0 Å². The van der Waals surface area contributed by atoms with Gasteiger partial charge in [0.1, 0.15) is 11.2 Å². The van der Waals surface area contributed by atoms with E-state index < -0.39 is 6.04 Å². The molecule has 1 aliphatic rings. The van der Waals surface area contributed by atoms with Crippen molar-refractivity contribution in [3.05, 3.63) is 234 Å². The zero-order valence-electron chi connectivity index (χ0n) is 37.7.